The van der Waals surface area contributed by atoms with E-state index in [0.717, 1.165) is 16.9 Å². The Kier molecular flexibility index (Phi) is 5.00. The molecule has 0 fully saturated rings. The minimum Gasteiger partial charge on any atom is -0.484 e. The molecule has 1 N–H and O–H groups in total. The fourth-order valence-corrected chi connectivity index (χ4v) is 2.70. The van der Waals surface area contributed by atoms with E-state index in [4.69, 9.17) is 11.2 Å². The fraction of sp³-hybridized carbons (Fsp3) is 0.200. The molecule has 25 heavy (non-hydrogen) atoms. The Morgan fingerprint density at radius 1 is 1.24 bits per heavy atom. The summed E-state index contributed by atoms with van der Waals surface area (Å²) in [7, 11) is 0. The molecule has 126 valence electrons. The number of hydrogen-bond acceptors (Lipinski definition) is 3. The number of carbonyl (C=O) groups excluding carboxylic acids is 1. The molecule has 1 heterocycles. The Balaban J connectivity index is 1.71. The second-order valence-electron chi connectivity index (χ2n) is 5.64. The average Bonchev–Trinajstić information content (AvgIpc) is 3.00. The second kappa shape index (κ2) is 7.54. The Bertz CT molecular complexity index is 910. The van der Waals surface area contributed by atoms with Crippen molar-refractivity contribution in [3.8, 4) is 18.1 Å². The van der Waals surface area contributed by atoms with Crippen LogP contribution in [0.1, 0.15) is 18.8 Å². The number of amides is 1. The molecule has 1 unspecified atom stereocenters. The summed E-state index contributed by atoms with van der Waals surface area (Å²) < 4.78 is 7.41. The number of terminal acetylenes is 1. The van der Waals surface area contributed by atoms with Crippen molar-refractivity contribution in [1.29, 1.82) is 0 Å². The van der Waals surface area contributed by atoms with Crippen LogP contribution < -0.4 is 10.1 Å². The van der Waals surface area contributed by atoms with Gasteiger partial charge < -0.3 is 14.6 Å². The van der Waals surface area contributed by atoms with Gasteiger partial charge in [-0.2, -0.15) is 0 Å². The third-order valence-corrected chi connectivity index (χ3v) is 3.81. The van der Waals surface area contributed by atoms with E-state index in [1.165, 1.54) is 0 Å². The number of ether oxygens (including phenoxy) is 1. The lowest BCUT2D eigenvalue weighted by atomic mass is 10.3. The van der Waals surface area contributed by atoms with Crippen LogP contribution in [0.5, 0.6) is 5.75 Å². The summed E-state index contributed by atoms with van der Waals surface area (Å²) in [4.78, 5) is 16.8. The van der Waals surface area contributed by atoms with Crippen LogP contribution in [0.4, 0.5) is 0 Å². The van der Waals surface area contributed by atoms with E-state index in [9.17, 15) is 4.79 Å². The van der Waals surface area contributed by atoms with Crippen LogP contribution in [0.15, 0.2) is 54.6 Å². The van der Waals surface area contributed by atoms with Crippen LogP contribution in [0, 0.1) is 12.3 Å². The zero-order chi connectivity index (χ0) is 17.6. The number of fused-ring (bicyclic) bond motifs is 1. The van der Waals surface area contributed by atoms with Gasteiger partial charge in [0, 0.05) is 0 Å². The molecular weight excluding hydrogens is 314 g/mol. The third-order valence-electron chi connectivity index (χ3n) is 3.81. The summed E-state index contributed by atoms with van der Waals surface area (Å²) in [6, 6.07) is 16.7. The molecule has 0 radical (unpaired) electrons. The molecule has 0 bridgehead atoms. The van der Waals surface area contributed by atoms with E-state index in [1.807, 2.05) is 66.1 Å². The van der Waals surface area contributed by atoms with E-state index in [0.29, 0.717) is 12.3 Å². The van der Waals surface area contributed by atoms with Gasteiger partial charge in [0.25, 0.3) is 5.91 Å². The maximum Gasteiger partial charge on any atom is 0.258 e. The van der Waals surface area contributed by atoms with Crippen LogP contribution in [0.2, 0.25) is 0 Å². The standard InChI is InChI=1S/C20H19N3O2/c1-3-13-23-18-12-8-7-11-17(18)22-20(23)15(2)21-19(24)14-25-16-9-5-4-6-10-16/h1,4-12,15H,13-14H2,2H3,(H,21,24). The first-order chi connectivity index (χ1) is 12.2. The number of imidazole rings is 1. The van der Waals surface area contributed by atoms with E-state index in [-0.39, 0.29) is 18.6 Å². The molecule has 1 amide bonds. The number of carbonyl (C=O) groups is 1. The number of hydrogen-bond donors (Lipinski definition) is 1. The van der Waals surface area contributed by atoms with Crippen molar-refractivity contribution < 1.29 is 9.53 Å². The number of nitrogens with one attached hydrogen (secondary N) is 1. The maximum absolute atomic E-state index is 12.2. The van der Waals surface area contributed by atoms with Gasteiger partial charge in [-0.05, 0) is 31.2 Å². The van der Waals surface area contributed by atoms with Crippen LogP contribution >= 0.6 is 0 Å². The van der Waals surface area contributed by atoms with Crippen LogP contribution in [0.25, 0.3) is 11.0 Å². The quantitative estimate of drug-likeness (QED) is 0.706. The summed E-state index contributed by atoms with van der Waals surface area (Å²) in [5.74, 6) is 3.82. The van der Waals surface area contributed by atoms with E-state index < -0.39 is 0 Å². The van der Waals surface area contributed by atoms with Crippen molar-refractivity contribution in [3.63, 3.8) is 0 Å². The first-order valence-corrected chi connectivity index (χ1v) is 8.05. The SMILES string of the molecule is C#CCn1c(C(C)NC(=O)COc2ccccc2)nc2ccccc21. The molecule has 0 aliphatic heterocycles. The zero-order valence-corrected chi connectivity index (χ0v) is 14.0. The molecule has 1 atom stereocenters. The van der Waals surface area contributed by atoms with E-state index in [2.05, 4.69) is 16.2 Å². The molecule has 2 aromatic carbocycles. The number of para-hydroxylation sites is 3. The fourth-order valence-electron chi connectivity index (χ4n) is 2.70. The minimum absolute atomic E-state index is 0.0519. The molecule has 3 aromatic rings. The topological polar surface area (TPSA) is 56.2 Å². The van der Waals surface area contributed by atoms with Gasteiger partial charge in [-0.1, -0.05) is 36.3 Å². The lowest BCUT2D eigenvalue weighted by Crippen LogP contribution is -2.32. The largest absolute Gasteiger partial charge is 0.484 e. The smallest absolute Gasteiger partial charge is 0.258 e. The van der Waals surface area contributed by atoms with Crippen molar-refractivity contribution in [2.24, 2.45) is 0 Å². The molecule has 3 rings (SSSR count). The molecule has 0 saturated heterocycles. The highest BCUT2D eigenvalue weighted by Crippen LogP contribution is 2.20. The van der Waals surface area contributed by atoms with Gasteiger partial charge in [0.05, 0.1) is 23.6 Å². The van der Waals surface area contributed by atoms with Crippen LogP contribution in [-0.2, 0) is 11.3 Å². The number of rotatable bonds is 6. The van der Waals surface area contributed by atoms with Gasteiger partial charge in [0.15, 0.2) is 6.61 Å². The summed E-state index contributed by atoms with van der Waals surface area (Å²) >= 11 is 0. The monoisotopic (exact) mass is 333 g/mol. The van der Waals surface area contributed by atoms with Crippen molar-refractivity contribution in [2.75, 3.05) is 6.61 Å². The molecule has 0 saturated carbocycles. The van der Waals surface area contributed by atoms with Gasteiger partial charge in [-0.25, -0.2) is 4.98 Å². The summed E-state index contributed by atoms with van der Waals surface area (Å²) in [6.45, 7) is 2.23. The van der Waals surface area contributed by atoms with Crippen molar-refractivity contribution in [3.05, 3.63) is 60.4 Å². The van der Waals surface area contributed by atoms with Gasteiger partial charge in [-0.15, -0.1) is 6.42 Å². The van der Waals surface area contributed by atoms with Gasteiger partial charge in [-0.3, -0.25) is 4.79 Å². The number of benzene rings is 2. The van der Waals surface area contributed by atoms with Crippen molar-refractivity contribution in [1.82, 2.24) is 14.9 Å². The van der Waals surface area contributed by atoms with E-state index >= 15 is 0 Å². The highest BCUT2D eigenvalue weighted by Gasteiger charge is 2.18. The first kappa shape index (κ1) is 16.6. The molecule has 0 aliphatic carbocycles. The van der Waals surface area contributed by atoms with Crippen LogP contribution in [-0.4, -0.2) is 22.1 Å². The maximum atomic E-state index is 12.2. The Hall–Kier alpha value is -3.26. The Labute approximate surface area is 146 Å². The summed E-state index contributed by atoms with van der Waals surface area (Å²) in [5, 5.41) is 2.91. The highest BCUT2D eigenvalue weighted by atomic mass is 16.5. The lowest BCUT2D eigenvalue weighted by Gasteiger charge is -2.15. The van der Waals surface area contributed by atoms with Crippen molar-refractivity contribution in [2.45, 2.75) is 19.5 Å². The van der Waals surface area contributed by atoms with Crippen molar-refractivity contribution >= 4 is 16.9 Å². The Morgan fingerprint density at radius 3 is 2.72 bits per heavy atom. The van der Waals surface area contributed by atoms with Gasteiger partial charge in [0.2, 0.25) is 0 Å². The number of aromatic nitrogens is 2. The summed E-state index contributed by atoms with van der Waals surface area (Å²) in [6.07, 6.45) is 5.49. The molecule has 5 heteroatoms. The number of nitrogens with zero attached hydrogens (tertiary/aromatic N) is 2. The predicted octanol–water partition coefficient (Wildman–Crippen LogP) is 2.93. The normalized spacial score (nSPS) is 11.7. The molecule has 5 nitrogen and oxygen atoms in total. The second-order valence-corrected chi connectivity index (χ2v) is 5.64. The minimum atomic E-state index is -0.285. The Morgan fingerprint density at radius 2 is 1.96 bits per heavy atom. The van der Waals surface area contributed by atoms with Crippen LogP contribution in [0.3, 0.4) is 0 Å². The van der Waals surface area contributed by atoms with E-state index in [1.54, 1.807) is 0 Å². The predicted molar refractivity (Wildman–Crippen MR) is 97.1 cm³/mol. The average molecular weight is 333 g/mol. The van der Waals surface area contributed by atoms with Gasteiger partial charge >= 0.3 is 0 Å². The van der Waals surface area contributed by atoms with Gasteiger partial charge in [0.1, 0.15) is 11.6 Å². The third kappa shape index (κ3) is 3.81. The molecule has 0 aliphatic rings. The summed E-state index contributed by atoms with van der Waals surface area (Å²) in [5.41, 5.74) is 1.81. The highest BCUT2D eigenvalue weighted by molar-refractivity contribution is 5.79. The zero-order valence-electron chi connectivity index (χ0n) is 14.0. The lowest BCUT2D eigenvalue weighted by molar-refractivity contribution is -0.123. The molecular formula is C20H19N3O2. The molecule has 1 aromatic heterocycles. The first-order valence-electron chi connectivity index (χ1n) is 8.05. The molecule has 0 spiro atoms.